The number of rotatable bonds is 4. The lowest BCUT2D eigenvalue weighted by Gasteiger charge is -2.26. The van der Waals surface area contributed by atoms with Crippen molar-refractivity contribution in [2.24, 2.45) is 5.73 Å². The molecule has 0 radical (unpaired) electrons. The number of hydrogen-bond donors (Lipinski definition) is 3. The van der Waals surface area contributed by atoms with Crippen molar-refractivity contribution >= 4 is 11.8 Å². The summed E-state index contributed by atoms with van der Waals surface area (Å²) in [5.41, 5.74) is 6.29. The summed E-state index contributed by atoms with van der Waals surface area (Å²) in [6.45, 7) is 2.15. The van der Waals surface area contributed by atoms with Gasteiger partial charge in [-0.05, 0) is 12.5 Å². The summed E-state index contributed by atoms with van der Waals surface area (Å²) in [7, 11) is 0. The molecule has 1 aromatic rings. The molecule has 1 aliphatic rings. The summed E-state index contributed by atoms with van der Waals surface area (Å²) >= 11 is 0. The van der Waals surface area contributed by atoms with Gasteiger partial charge in [0.05, 0.1) is 12.1 Å². The van der Waals surface area contributed by atoms with E-state index in [1.54, 1.807) is 6.92 Å². The normalized spacial score (nSPS) is 23.8. The van der Waals surface area contributed by atoms with Gasteiger partial charge in [-0.1, -0.05) is 42.5 Å². The fraction of sp³-hybridized carbons (Fsp3) is 0.333. The lowest BCUT2D eigenvalue weighted by molar-refractivity contribution is -0.124. The smallest absolute Gasteiger partial charge is 0.238 e. The number of nitrogens with one attached hydrogen (secondary N) is 2. The van der Waals surface area contributed by atoms with Crippen LogP contribution in [0.4, 0.5) is 0 Å². The molecular formula is C15H19N3O2. The second kappa shape index (κ2) is 6.34. The van der Waals surface area contributed by atoms with Crippen molar-refractivity contribution in [2.45, 2.75) is 24.9 Å². The van der Waals surface area contributed by atoms with Gasteiger partial charge in [0.1, 0.15) is 0 Å². The standard InChI is InChI=1S/C15H19N3O2/c1-10(14(16)19)18-13-12(8-5-9-17-15(13)20)11-6-3-2-4-7-11/h2-8,10,12-13,18H,9H2,1H3,(H2,16,19)(H,17,20)/t10-,12+,13-/m0/s1. The fourth-order valence-electron chi connectivity index (χ4n) is 2.27. The van der Waals surface area contributed by atoms with Gasteiger partial charge in [0.2, 0.25) is 11.8 Å². The van der Waals surface area contributed by atoms with Crippen molar-refractivity contribution in [1.29, 1.82) is 0 Å². The second-order valence-electron chi connectivity index (χ2n) is 4.88. The van der Waals surface area contributed by atoms with E-state index in [1.807, 2.05) is 42.5 Å². The van der Waals surface area contributed by atoms with Crippen LogP contribution in [-0.4, -0.2) is 30.4 Å². The average molecular weight is 273 g/mol. The van der Waals surface area contributed by atoms with Crippen molar-refractivity contribution in [3.8, 4) is 0 Å². The van der Waals surface area contributed by atoms with Crippen molar-refractivity contribution in [3.63, 3.8) is 0 Å². The Morgan fingerprint density at radius 2 is 2.10 bits per heavy atom. The Hall–Kier alpha value is -2.14. The Balaban J connectivity index is 2.28. The summed E-state index contributed by atoms with van der Waals surface area (Å²) in [5.74, 6) is -0.727. The molecule has 1 aromatic carbocycles. The molecule has 0 unspecified atom stereocenters. The van der Waals surface area contributed by atoms with E-state index >= 15 is 0 Å². The van der Waals surface area contributed by atoms with Gasteiger partial charge in [0, 0.05) is 12.5 Å². The number of benzene rings is 1. The molecule has 0 spiro atoms. The van der Waals surface area contributed by atoms with Gasteiger partial charge in [0.25, 0.3) is 0 Å². The maximum absolute atomic E-state index is 12.2. The van der Waals surface area contributed by atoms with Crippen LogP contribution in [0.2, 0.25) is 0 Å². The Morgan fingerprint density at radius 1 is 1.40 bits per heavy atom. The number of carbonyl (C=O) groups excluding carboxylic acids is 2. The highest BCUT2D eigenvalue weighted by Gasteiger charge is 2.31. The zero-order valence-corrected chi connectivity index (χ0v) is 11.4. The molecular weight excluding hydrogens is 254 g/mol. The first kappa shape index (κ1) is 14.3. The van der Waals surface area contributed by atoms with Crippen LogP contribution >= 0.6 is 0 Å². The predicted octanol–water partition coefficient (Wildman–Crippen LogP) is 0.288. The lowest BCUT2D eigenvalue weighted by Crippen LogP contribution is -2.53. The topological polar surface area (TPSA) is 84.2 Å². The van der Waals surface area contributed by atoms with E-state index in [4.69, 9.17) is 5.73 Å². The van der Waals surface area contributed by atoms with Crippen molar-refractivity contribution in [1.82, 2.24) is 10.6 Å². The predicted molar refractivity (Wildman–Crippen MR) is 76.9 cm³/mol. The molecule has 0 fully saturated rings. The molecule has 0 aromatic heterocycles. The second-order valence-corrected chi connectivity index (χ2v) is 4.88. The van der Waals surface area contributed by atoms with Crippen LogP contribution in [0.3, 0.4) is 0 Å². The molecule has 0 aliphatic carbocycles. The Labute approximate surface area is 118 Å². The lowest BCUT2D eigenvalue weighted by atomic mass is 9.90. The third-order valence-corrected chi connectivity index (χ3v) is 3.42. The highest BCUT2D eigenvalue weighted by molar-refractivity contribution is 5.86. The first-order valence-electron chi connectivity index (χ1n) is 6.64. The van der Waals surface area contributed by atoms with E-state index in [9.17, 15) is 9.59 Å². The molecule has 106 valence electrons. The van der Waals surface area contributed by atoms with Gasteiger partial charge < -0.3 is 11.1 Å². The first-order chi connectivity index (χ1) is 9.59. The Bertz CT molecular complexity index is 513. The van der Waals surface area contributed by atoms with Gasteiger partial charge in [-0.15, -0.1) is 0 Å². The maximum atomic E-state index is 12.2. The number of carbonyl (C=O) groups is 2. The third kappa shape index (κ3) is 3.24. The molecule has 5 nitrogen and oxygen atoms in total. The van der Waals surface area contributed by atoms with E-state index in [1.165, 1.54) is 0 Å². The minimum absolute atomic E-state index is 0.125. The highest BCUT2D eigenvalue weighted by atomic mass is 16.2. The average Bonchev–Trinajstić information content (AvgIpc) is 2.62. The van der Waals surface area contributed by atoms with Crippen LogP contribution in [-0.2, 0) is 9.59 Å². The molecule has 3 atom stereocenters. The number of primary amides is 1. The molecule has 5 heteroatoms. The van der Waals surface area contributed by atoms with Crippen LogP contribution < -0.4 is 16.4 Å². The van der Waals surface area contributed by atoms with Crippen molar-refractivity contribution < 1.29 is 9.59 Å². The van der Waals surface area contributed by atoms with Crippen LogP contribution in [0.15, 0.2) is 42.5 Å². The van der Waals surface area contributed by atoms with E-state index in [0.717, 1.165) is 5.56 Å². The monoisotopic (exact) mass is 273 g/mol. The highest BCUT2D eigenvalue weighted by Crippen LogP contribution is 2.23. The summed E-state index contributed by atoms with van der Waals surface area (Å²) in [4.78, 5) is 23.4. The maximum Gasteiger partial charge on any atom is 0.238 e. The summed E-state index contributed by atoms with van der Waals surface area (Å²) in [5, 5.41) is 5.82. The van der Waals surface area contributed by atoms with E-state index in [0.29, 0.717) is 6.54 Å². The van der Waals surface area contributed by atoms with Gasteiger partial charge in [-0.3, -0.25) is 14.9 Å². The largest absolute Gasteiger partial charge is 0.368 e. The minimum atomic E-state index is -0.566. The van der Waals surface area contributed by atoms with Crippen LogP contribution in [0, 0.1) is 0 Å². The fourth-order valence-corrected chi connectivity index (χ4v) is 2.27. The third-order valence-electron chi connectivity index (χ3n) is 3.42. The van der Waals surface area contributed by atoms with Crippen LogP contribution in [0.1, 0.15) is 18.4 Å². The summed E-state index contributed by atoms with van der Waals surface area (Å²) in [6.07, 6.45) is 3.91. The quantitative estimate of drug-likeness (QED) is 0.689. The molecule has 0 bridgehead atoms. The molecule has 4 N–H and O–H groups in total. The van der Waals surface area contributed by atoms with Gasteiger partial charge in [0.15, 0.2) is 0 Å². The molecule has 20 heavy (non-hydrogen) atoms. The van der Waals surface area contributed by atoms with Gasteiger partial charge >= 0.3 is 0 Å². The van der Waals surface area contributed by atoms with Crippen LogP contribution in [0.25, 0.3) is 0 Å². The number of hydrogen-bond acceptors (Lipinski definition) is 3. The van der Waals surface area contributed by atoms with Gasteiger partial charge in [-0.2, -0.15) is 0 Å². The molecule has 1 heterocycles. The van der Waals surface area contributed by atoms with E-state index in [2.05, 4.69) is 10.6 Å². The van der Waals surface area contributed by atoms with E-state index in [-0.39, 0.29) is 11.8 Å². The molecule has 1 aliphatic heterocycles. The number of nitrogens with two attached hydrogens (primary N) is 1. The molecule has 2 amide bonds. The minimum Gasteiger partial charge on any atom is -0.368 e. The van der Waals surface area contributed by atoms with Crippen molar-refractivity contribution in [3.05, 3.63) is 48.0 Å². The summed E-state index contributed by atoms with van der Waals surface area (Å²) in [6, 6.07) is 8.65. The van der Waals surface area contributed by atoms with E-state index < -0.39 is 18.0 Å². The molecule has 0 saturated heterocycles. The molecule has 2 rings (SSSR count). The Kier molecular flexibility index (Phi) is 4.53. The zero-order valence-electron chi connectivity index (χ0n) is 11.4. The molecule has 0 saturated carbocycles. The number of amides is 2. The Morgan fingerprint density at radius 3 is 2.75 bits per heavy atom. The van der Waals surface area contributed by atoms with Crippen molar-refractivity contribution in [2.75, 3.05) is 6.54 Å². The summed E-state index contributed by atoms with van der Waals surface area (Å²) < 4.78 is 0. The van der Waals surface area contributed by atoms with Gasteiger partial charge in [-0.25, -0.2) is 0 Å². The van der Waals surface area contributed by atoms with Crippen LogP contribution in [0.5, 0.6) is 0 Å². The zero-order chi connectivity index (χ0) is 14.5. The SMILES string of the molecule is C[C@H](N[C@@H]1C(=O)NCC=C[C@@H]1c1ccccc1)C(N)=O. The first-order valence-corrected chi connectivity index (χ1v) is 6.64.